The number of ether oxygens (including phenoxy) is 5. The number of pyridine rings is 1. The number of rotatable bonds is 9. The molecule has 0 saturated heterocycles. The second-order valence-electron chi connectivity index (χ2n) is 14.1. The molecule has 0 spiro atoms. The summed E-state index contributed by atoms with van der Waals surface area (Å²) in [5.74, 6) is 1.98. The van der Waals surface area contributed by atoms with Gasteiger partial charge in [-0.25, -0.2) is 4.98 Å². The van der Waals surface area contributed by atoms with Crippen LogP contribution in [0.3, 0.4) is 0 Å². The van der Waals surface area contributed by atoms with Crippen LogP contribution in [-0.2, 0) is 39.1 Å². The zero-order valence-electron chi connectivity index (χ0n) is 31.2. The lowest BCUT2D eigenvalue weighted by Gasteiger charge is -2.34. The second-order valence-corrected chi connectivity index (χ2v) is 14.1. The largest absolute Gasteiger partial charge is 0.495 e. The number of hydrogen-bond acceptors (Lipinski definition) is 10. The fourth-order valence-electron chi connectivity index (χ4n) is 7.85. The highest BCUT2D eigenvalue weighted by molar-refractivity contribution is 6.04. The predicted molar refractivity (Wildman–Crippen MR) is 209 cm³/mol. The maximum Gasteiger partial charge on any atom is 0.257 e. The summed E-state index contributed by atoms with van der Waals surface area (Å²) >= 11 is 0. The van der Waals surface area contributed by atoms with E-state index in [1.807, 2.05) is 52.6 Å². The molecular formula is C44H39N5O7. The number of nitrogens with zero attached hydrogens (tertiary/aromatic N) is 5. The summed E-state index contributed by atoms with van der Waals surface area (Å²) in [5, 5.41) is 0. The van der Waals surface area contributed by atoms with Crippen molar-refractivity contribution in [1.29, 1.82) is 0 Å². The molecule has 2 atom stereocenters. The second kappa shape index (κ2) is 14.5. The molecule has 0 bridgehead atoms. The quantitative estimate of drug-likeness (QED) is 0.161. The fourth-order valence-corrected chi connectivity index (χ4v) is 7.85. The van der Waals surface area contributed by atoms with Gasteiger partial charge in [-0.15, -0.1) is 0 Å². The molecule has 1 aromatic heterocycles. The molecule has 0 fully saturated rings. The Morgan fingerprint density at radius 1 is 0.571 bits per heavy atom. The van der Waals surface area contributed by atoms with Gasteiger partial charge >= 0.3 is 0 Å². The lowest BCUT2D eigenvalue weighted by Crippen LogP contribution is -2.44. The minimum Gasteiger partial charge on any atom is -0.495 e. The zero-order chi connectivity index (χ0) is 38.3. The van der Waals surface area contributed by atoms with Gasteiger partial charge in [0.15, 0.2) is 23.0 Å². The SMILES string of the molecule is COc1cc2c(cc1OCc1ccc(OC)c(COc3cc4c(cc3OC)C(=O)N3Cc5ccccc5C[C@H]3C=N4)n1)N=C[C@@H]1Cc3ccccc3CN1C2=O. The van der Waals surface area contributed by atoms with E-state index in [1.54, 1.807) is 44.6 Å². The van der Waals surface area contributed by atoms with Crippen molar-refractivity contribution < 1.29 is 33.3 Å². The van der Waals surface area contributed by atoms with Crippen LogP contribution in [0.5, 0.6) is 28.7 Å². The molecule has 12 nitrogen and oxygen atoms in total. The van der Waals surface area contributed by atoms with Gasteiger partial charge in [-0.05, 0) is 59.4 Å². The standard InChI is InChI=1S/C44H39N5O7/c1-52-38-13-12-30(24-55-41-18-35-33(16-39(41)53-2)43(50)48-22-28-10-6-4-8-26(28)14-31(48)20-45-35)47-37(38)25-56-42-19-36-34(17-40(42)54-3)44(51)49-23-29-11-7-5-9-27(29)15-32(49)21-46-36/h4-13,16-21,31-32H,14-15,22-25H2,1-3H3/t31-,32-/m0/s1. The van der Waals surface area contributed by atoms with E-state index in [1.165, 1.54) is 18.2 Å². The van der Waals surface area contributed by atoms with Crippen molar-refractivity contribution in [3.8, 4) is 28.7 Å². The number of carbonyl (C=O) groups is 2. The lowest BCUT2D eigenvalue weighted by molar-refractivity contribution is 0.0696. The Kier molecular flexibility index (Phi) is 9.08. The van der Waals surface area contributed by atoms with Crippen molar-refractivity contribution in [3.63, 3.8) is 0 Å². The molecule has 0 N–H and O–H groups in total. The van der Waals surface area contributed by atoms with Crippen LogP contribution in [0.15, 0.2) is 94.9 Å². The van der Waals surface area contributed by atoms with Crippen molar-refractivity contribution in [2.75, 3.05) is 21.3 Å². The number of fused-ring (bicyclic) bond motifs is 6. The number of carbonyl (C=O) groups excluding carboxylic acids is 2. The predicted octanol–water partition coefficient (Wildman–Crippen LogP) is 6.83. The zero-order valence-corrected chi connectivity index (χ0v) is 31.2. The molecule has 56 heavy (non-hydrogen) atoms. The Balaban J connectivity index is 0.925. The van der Waals surface area contributed by atoms with E-state index in [4.69, 9.17) is 38.7 Å². The molecule has 5 heterocycles. The molecule has 282 valence electrons. The average molecular weight is 750 g/mol. The van der Waals surface area contributed by atoms with Crippen LogP contribution < -0.4 is 23.7 Å². The first-order chi connectivity index (χ1) is 27.4. The number of benzene rings is 4. The smallest absolute Gasteiger partial charge is 0.257 e. The maximum atomic E-state index is 13.8. The van der Waals surface area contributed by atoms with Crippen molar-refractivity contribution in [1.82, 2.24) is 14.8 Å². The number of amides is 2. The average Bonchev–Trinajstić information content (AvgIpc) is 3.45. The van der Waals surface area contributed by atoms with E-state index in [2.05, 4.69) is 24.3 Å². The van der Waals surface area contributed by atoms with E-state index in [0.717, 1.165) is 11.1 Å². The topological polar surface area (TPSA) is 124 Å². The van der Waals surface area contributed by atoms with E-state index >= 15 is 0 Å². The van der Waals surface area contributed by atoms with Crippen molar-refractivity contribution in [2.45, 2.75) is 51.2 Å². The third kappa shape index (κ3) is 6.36. The van der Waals surface area contributed by atoms with Gasteiger partial charge in [-0.2, -0.15) is 0 Å². The summed E-state index contributed by atoms with van der Waals surface area (Å²) in [5.41, 5.74) is 7.80. The third-order valence-electron chi connectivity index (χ3n) is 10.8. The molecule has 2 amide bonds. The van der Waals surface area contributed by atoms with E-state index in [-0.39, 0.29) is 37.1 Å². The Labute approximate surface area is 324 Å². The highest BCUT2D eigenvalue weighted by Crippen LogP contribution is 2.41. The van der Waals surface area contributed by atoms with Crippen LogP contribution in [0.4, 0.5) is 11.4 Å². The summed E-state index contributed by atoms with van der Waals surface area (Å²) in [6.07, 6.45) is 5.10. The van der Waals surface area contributed by atoms with E-state index in [0.29, 0.717) is 88.6 Å². The Hall–Kier alpha value is -6.69. The van der Waals surface area contributed by atoms with E-state index in [9.17, 15) is 9.59 Å². The van der Waals surface area contributed by atoms with Gasteiger partial charge in [-0.1, -0.05) is 48.5 Å². The van der Waals surface area contributed by atoms with Crippen molar-refractivity contribution >= 4 is 35.6 Å². The minimum atomic E-state index is -0.152. The van der Waals surface area contributed by atoms with Crippen molar-refractivity contribution in [3.05, 3.63) is 130 Å². The first-order valence-electron chi connectivity index (χ1n) is 18.5. The van der Waals surface area contributed by atoms with E-state index < -0.39 is 0 Å². The summed E-state index contributed by atoms with van der Waals surface area (Å²) in [7, 11) is 4.65. The van der Waals surface area contributed by atoms with Crippen LogP contribution in [-0.4, -0.2) is 72.4 Å². The molecule has 0 aliphatic carbocycles. The van der Waals surface area contributed by atoms with Crippen LogP contribution >= 0.6 is 0 Å². The number of aliphatic imine (C=N–C) groups is 2. The van der Waals surface area contributed by atoms with Crippen LogP contribution in [0.25, 0.3) is 0 Å². The van der Waals surface area contributed by atoms with Gasteiger partial charge in [-0.3, -0.25) is 19.6 Å². The Bertz CT molecular complexity index is 2450. The molecule has 0 radical (unpaired) electrons. The Morgan fingerprint density at radius 2 is 1.05 bits per heavy atom. The van der Waals surface area contributed by atoms with Crippen LogP contribution in [0.2, 0.25) is 0 Å². The number of hydrogen-bond donors (Lipinski definition) is 0. The van der Waals surface area contributed by atoms with Gasteiger partial charge < -0.3 is 33.5 Å². The van der Waals surface area contributed by atoms with Gasteiger partial charge in [0.05, 0.1) is 61.6 Å². The molecule has 4 aliphatic rings. The van der Waals surface area contributed by atoms with Gasteiger partial charge in [0.2, 0.25) is 0 Å². The molecule has 4 aromatic carbocycles. The normalized spacial score (nSPS) is 17.6. The van der Waals surface area contributed by atoms with Gasteiger partial charge in [0.1, 0.15) is 24.7 Å². The Morgan fingerprint density at radius 3 is 1.55 bits per heavy atom. The van der Waals surface area contributed by atoms with Crippen LogP contribution in [0, 0.1) is 0 Å². The molecule has 12 heteroatoms. The molecular weight excluding hydrogens is 711 g/mol. The summed E-state index contributed by atoms with van der Waals surface area (Å²) < 4.78 is 29.6. The highest BCUT2D eigenvalue weighted by atomic mass is 16.5. The van der Waals surface area contributed by atoms with Crippen LogP contribution in [0.1, 0.15) is 54.4 Å². The summed E-state index contributed by atoms with van der Waals surface area (Å²) in [6.45, 7) is 1.16. The first kappa shape index (κ1) is 35.0. The minimum absolute atomic E-state index is 0.0361. The summed E-state index contributed by atoms with van der Waals surface area (Å²) in [4.78, 5) is 45.7. The monoisotopic (exact) mass is 749 g/mol. The number of methoxy groups -OCH3 is 3. The first-order valence-corrected chi connectivity index (χ1v) is 18.5. The van der Waals surface area contributed by atoms with Gasteiger partial charge in [0, 0.05) is 37.7 Å². The summed E-state index contributed by atoms with van der Waals surface area (Å²) in [6, 6.07) is 26.6. The van der Waals surface area contributed by atoms with Gasteiger partial charge in [0.25, 0.3) is 11.8 Å². The number of aromatic nitrogens is 1. The molecule has 9 rings (SSSR count). The third-order valence-corrected chi connectivity index (χ3v) is 10.8. The van der Waals surface area contributed by atoms with Crippen molar-refractivity contribution in [2.24, 2.45) is 9.98 Å². The molecule has 5 aromatic rings. The lowest BCUT2D eigenvalue weighted by atomic mass is 9.94. The molecule has 0 saturated carbocycles. The maximum absolute atomic E-state index is 13.8. The fraction of sp³-hybridized carbons (Fsp3) is 0.250. The molecule has 4 aliphatic heterocycles. The highest BCUT2D eigenvalue weighted by Gasteiger charge is 2.35. The molecule has 0 unspecified atom stereocenters.